The summed E-state index contributed by atoms with van der Waals surface area (Å²) in [5.74, 6) is -0.283. The Morgan fingerprint density at radius 2 is 2.23 bits per heavy atom. The number of fused-ring (bicyclic) bond motifs is 1. The van der Waals surface area contributed by atoms with Crippen LogP contribution in [0.1, 0.15) is 18.6 Å². The predicted octanol–water partition coefficient (Wildman–Crippen LogP) is 2.36. The summed E-state index contributed by atoms with van der Waals surface area (Å²) in [7, 11) is 0. The van der Waals surface area contributed by atoms with Gasteiger partial charge in [-0.25, -0.2) is 4.39 Å². The van der Waals surface area contributed by atoms with Gasteiger partial charge in [0, 0.05) is 22.7 Å². The van der Waals surface area contributed by atoms with Crippen LogP contribution in [-0.4, -0.2) is 10.1 Å². The molecular formula is C10H10FNO. The molecule has 0 spiro atoms. The van der Waals surface area contributed by atoms with Crippen LogP contribution in [0.2, 0.25) is 0 Å². The number of hydrogen-bond acceptors (Lipinski definition) is 1. The lowest BCUT2D eigenvalue weighted by Gasteiger charge is -2.00. The highest BCUT2D eigenvalue weighted by Gasteiger charge is 2.08. The number of rotatable bonds is 1. The second-order valence-electron chi connectivity index (χ2n) is 3.11. The molecule has 0 saturated carbocycles. The molecule has 1 atom stereocenters. The summed E-state index contributed by atoms with van der Waals surface area (Å²) in [4.78, 5) is 2.97. The Morgan fingerprint density at radius 1 is 1.46 bits per heavy atom. The van der Waals surface area contributed by atoms with Crippen molar-refractivity contribution in [3.8, 4) is 0 Å². The van der Waals surface area contributed by atoms with Crippen LogP contribution in [0.5, 0.6) is 0 Å². The summed E-state index contributed by atoms with van der Waals surface area (Å²) < 4.78 is 12.9. The lowest BCUT2D eigenvalue weighted by Crippen LogP contribution is -1.88. The van der Waals surface area contributed by atoms with Gasteiger partial charge in [0.15, 0.2) is 0 Å². The van der Waals surface area contributed by atoms with Gasteiger partial charge in [-0.2, -0.15) is 0 Å². The minimum atomic E-state index is -0.574. The number of benzene rings is 1. The fourth-order valence-corrected chi connectivity index (χ4v) is 1.46. The van der Waals surface area contributed by atoms with E-state index < -0.39 is 6.10 Å². The van der Waals surface area contributed by atoms with Crippen molar-refractivity contribution in [1.82, 2.24) is 4.98 Å². The van der Waals surface area contributed by atoms with Crippen LogP contribution in [0.15, 0.2) is 24.4 Å². The van der Waals surface area contributed by atoms with Gasteiger partial charge in [-0.1, -0.05) is 0 Å². The van der Waals surface area contributed by atoms with Crippen LogP contribution in [0.4, 0.5) is 4.39 Å². The zero-order chi connectivity index (χ0) is 9.42. The van der Waals surface area contributed by atoms with E-state index in [0.29, 0.717) is 0 Å². The van der Waals surface area contributed by atoms with E-state index in [4.69, 9.17) is 0 Å². The molecule has 0 aliphatic rings. The molecule has 0 bridgehead atoms. The molecule has 0 saturated heterocycles. The summed E-state index contributed by atoms with van der Waals surface area (Å²) in [5, 5.41) is 10.1. The molecule has 0 fully saturated rings. The first-order valence-electron chi connectivity index (χ1n) is 4.13. The number of H-pyrrole nitrogens is 1. The largest absolute Gasteiger partial charge is 0.389 e. The molecule has 0 aliphatic carbocycles. The molecule has 0 amide bonds. The molecule has 2 aromatic rings. The van der Waals surface area contributed by atoms with E-state index in [-0.39, 0.29) is 5.82 Å². The molecule has 1 unspecified atom stereocenters. The maximum atomic E-state index is 12.9. The van der Waals surface area contributed by atoms with E-state index in [0.717, 1.165) is 16.5 Å². The minimum Gasteiger partial charge on any atom is -0.389 e. The highest BCUT2D eigenvalue weighted by atomic mass is 19.1. The number of nitrogens with one attached hydrogen (secondary N) is 1. The van der Waals surface area contributed by atoms with Gasteiger partial charge in [0.25, 0.3) is 0 Å². The molecule has 2 N–H and O–H groups in total. The molecular weight excluding hydrogens is 169 g/mol. The molecule has 2 rings (SSSR count). The van der Waals surface area contributed by atoms with Crippen LogP contribution < -0.4 is 0 Å². The highest BCUT2D eigenvalue weighted by Crippen LogP contribution is 2.24. The Labute approximate surface area is 75.0 Å². The van der Waals surface area contributed by atoms with E-state index in [2.05, 4.69) is 4.98 Å². The first-order chi connectivity index (χ1) is 6.18. The molecule has 68 valence electrons. The van der Waals surface area contributed by atoms with Crippen molar-refractivity contribution in [2.24, 2.45) is 0 Å². The summed E-state index contributed by atoms with van der Waals surface area (Å²) >= 11 is 0. The third-order valence-corrected chi connectivity index (χ3v) is 2.13. The number of aromatic nitrogens is 1. The molecule has 3 heteroatoms. The summed E-state index contributed by atoms with van der Waals surface area (Å²) in [6.07, 6.45) is 1.13. The monoisotopic (exact) mass is 179 g/mol. The van der Waals surface area contributed by atoms with Crippen LogP contribution in [0.3, 0.4) is 0 Å². The third kappa shape index (κ3) is 1.31. The lowest BCUT2D eigenvalue weighted by atomic mass is 10.1. The topological polar surface area (TPSA) is 36.0 Å². The van der Waals surface area contributed by atoms with Crippen LogP contribution in [0, 0.1) is 5.82 Å². The Morgan fingerprint density at radius 3 is 2.92 bits per heavy atom. The third-order valence-electron chi connectivity index (χ3n) is 2.13. The van der Waals surface area contributed by atoms with Crippen molar-refractivity contribution < 1.29 is 9.50 Å². The summed E-state index contributed by atoms with van der Waals surface area (Å²) in [6, 6.07) is 4.48. The van der Waals surface area contributed by atoms with E-state index >= 15 is 0 Å². The van der Waals surface area contributed by atoms with E-state index in [1.165, 1.54) is 12.1 Å². The Hall–Kier alpha value is -1.35. The van der Waals surface area contributed by atoms with E-state index in [9.17, 15) is 9.50 Å². The zero-order valence-electron chi connectivity index (χ0n) is 7.21. The Balaban J connectivity index is 2.71. The molecule has 2 nitrogen and oxygen atoms in total. The normalized spacial score (nSPS) is 13.5. The molecule has 0 radical (unpaired) electrons. The fraction of sp³-hybridized carbons (Fsp3) is 0.200. The molecule has 0 aliphatic heterocycles. The first kappa shape index (κ1) is 8.26. The number of halogens is 1. The second kappa shape index (κ2) is 2.85. The molecule has 1 aromatic heterocycles. The van der Waals surface area contributed by atoms with Crippen molar-refractivity contribution in [3.63, 3.8) is 0 Å². The van der Waals surface area contributed by atoms with Crippen molar-refractivity contribution in [1.29, 1.82) is 0 Å². The van der Waals surface area contributed by atoms with Crippen molar-refractivity contribution in [3.05, 3.63) is 35.8 Å². The maximum Gasteiger partial charge on any atom is 0.123 e. The van der Waals surface area contributed by atoms with Crippen LogP contribution in [-0.2, 0) is 0 Å². The van der Waals surface area contributed by atoms with Gasteiger partial charge in [0.2, 0.25) is 0 Å². The van der Waals surface area contributed by atoms with Gasteiger partial charge in [-0.3, -0.25) is 0 Å². The maximum absolute atomic E-state index is 12.9. The standard InChI is InChI=1S/C10H10FNO/c1-6(13)9-5-12-10-3-2-7(11)4-8(9)10/h2-6,12-13H,1H3. The predicted molar refractivity (Wildman–Crippen MR) is 48.9 cm³/mol. The van der Waals surface area contributed by atoms with E-state index in [1.807, 2.05) is 0 Å². The fourth-order valence-electron chi connectivity index (χ4n) is 1.46. The van der Waals surface area contributed by atoms with Crippen LogP contribution in [0.25, 0.3) is 10.9 Å². The first-order valence-corrected chi connectivity index (χ1v) is 4.13. The Kier molecular flexibility index (Phi) is 1.81. The number of hydrogen-bond donors (Lipinski definition) is 2. The SMILES string of the molecule is CC(O)c1c[nH]c2ccc(F)cc12. The van der Waals surface area contributed by atoms with Crippen molar-refractivity contribution in [2.75, 3.05) is 0 Å². The number of aromatic amines is 1. The minimum absolute atomic E-state index is 0.283. The lowest BCUT2D eigenvalue weighted by molar-refractivity contribution is 0.201. The molecule has 1 aromatic carbocycles. The van der Waals surface area contributed by atoms with Gasteiger partial charge in [-0.05, 0) is 25.1 Å². The van der Waals surface area contributed by atoms with Crippen molar-refractivity contribution in [2.45, 2.75) is 13.0 Å². The molecule has 1 heterocycles. The second-order valence-corrected chi connectivity index (χ2v) is 3.11. The number of aliphatic hydroxyl groups excluding tert-OH is 1. The zero-order valence-corrected chi connectivity index (χ0v) is 7.21. The summed E-state index contributed by atoms with van der Waals surface area (Å²) in [6.45, 7) is 1.66. The smallest absolute Gasteiger partial charge is 0.123 e. The van der Waals surface area contributed by atoms with Gasteiger partial charge >= 0.3 is 0 Å². The highest BCUT2D eigenvalue weighted by molar-refractivity contribution is 5.83. The summed E-state index contributed by atoms with van der Waals surface area (Å²) in [5.41, 5.74) is 1.58. The van der Waals surface area contributed by atoms with E-state index in [1.54, 1.807) is 19.2 Å². The van der Waals surface area contributed by atoms with Gasteiger partial charge in [0.1, 0.15) is 5.82 Å². The average molecular weight is 179 g/mol. The average Bonchev–Trinajstić information content (AvgIpc) is 2.46. The van der Waals surface area contributed by atoms with Gasteiger partial charge < -0.3 is 10.1 Å². The van der Waals surface area contributed by atoms with Crippen LogP contribution >= 0.6 is 0 Å². The Bertz CT molecular complexity index is 433. The van der Waals surface area contributed by atoms with Crippen molar-refractivity contribution >= 4 is 10.9 Å². The quantitative estimate of drug-likeness (QED) is 0.692. The van der Waals surface area contributed by atoms with Gasteiger partial charge in [0.05, 0.1) is 6.10 Å². The molecule has 13 heavy (non-hydrogen) atoms. The number of aliphatic hydroxyl groups is 1. The van der Waals surface area contributed by atoms with Gasteiger partial charge in [-0.15, -0.1) is 0 Å².